The van der Waals surface area contributed by atoms with Crippen LogP contribution in [0.2, 0.25) is 10.0 Å². The van der Waals surface area contributed by atoms with Crippen LogP contribution in [0.15, 0.2) is 22.6 Å². The van der Waals surface area contributed by atoms with E-state index >= 15 is 0 Å². The number of hydrogen-bond donors (Lipinski definition) is 0. The average molecular weight is 333 g/mol. The number of benzene rings is 1. The molecule has 0 radical (unpaired) electrons. The van der Waals surface area contributed by atoms with Crippen molar-refractivity contribution < 1.29 is 9.15 Å². The quantitative estimate of drug-likeness (QED) is 0.729. The minimum atomic E-state index is 0.120. The number of thioether (sulfide) groups is 1. The van der Waals surface area contributed by atoms with Gasteiger partial charge in [0.05, 0.1) is 21.9 Å². The predicted molar refractivity (Wildman–Crippen MR) is 82.5 cm³/mol. The molecule has 0 spiro atoms. The van der Waals surface area contributed by atoms with Crippen LogP contribution in [0.1, 0.15) is 18.1 Å². The molecule has 4 nitrogen and oxygen atoms in total. The molecule has 0 aliphatic heterocycles. The molecule has 1 heterocycles. The van der Waals surface area contributed by atoms with Crippen LogP contribution in [-0.2, 0) is 4.74 Å². The Morgan fingerprint density at radius 2 is 2.10 bits per heavy atom. The summed E-state index contributed by atoms with van der Waals surface area (Å²) in [4.78, 5) is 0. The summed E-state index contributed by atoms with van der Waals surface area (Å²) in [5.74, 6) is 1.91. The van der Waals surface area contributed by atoms with Gasteiger partial charge in [-0.3, -0.25) is 0 Å². The number of nitrogens with zero attached hydrogens (tertiary/aromatic N) is 2. The Kier molecular flexibility index (Phi) is 5.72. The zero-order valence-electron chi connectivity index (χ0n) is 11.1. The molecule has 0 unspecified atom stereocenters. The Labute approximate surface area is 131 Å². The highest BCUT2D eigenvalue weighted by atomic mass is 35.5. The molecule has 2 aromatic rings. The van der Waals surface area contributed by atoms with Crippen molar-refractivity contribution in [3.05, 3.63) is 34.1 Å². The Morgan fingerprint density at radius 1 is 1.30 bits per heavy atom. The first kappa shape index (κ1) is 15.6. The molecule has 1 atom stereocenters. The maximum Gasteiger partial charge on any atom is 0.247 e. The lowest BCUT2D eigenvalue weighted by Gasteiger charge is -2.05. The Bertz CT molecular complexity index is 577. The van der Waals surface area contributed by atoms with E-state index in [2.05, 4.69) is 10.2 Å². The fourth-order valence-electron chi connectivity index (χ4n) is 1.52. The van der Waals surface area contributed by atoms with Crippen LogP contribution in [0.5, 0.6) is 0 Å². The second-order valence-corrected chi connectivity index (χ2v) is 6.34. The fourth-order valence-corrected chi connectivity index (χ4v) is 2.68. The molecule has 0 aliphatic rings. The van der Waals surface area contributed by atoms with Crippen molar-refractivity contribution in [2.75, 3.05) is 19.5 Å². The largest absolute Gasteiger partial charge is 0.420 e. The van der Waals surface area contributed by atoms with Crippen molar-refractivity contribution >= 4 is 35.0 Å². The monoisotopic (exact) mass is 332 g/mol. The van der Waals surface area contributed by atoms with Gasteiger partial charge < -0.3 is 9.15 Å². The molecule has 0 aliphatic carbocycles. The van der Waals surface area contributed by atoms with Crippen LogP contribution >= 0.6 is 35.0 Å². The van der Waals surface area contributed by atoms with Crippen molar-refractivity contribution in [1.82, 2.24) is 10.2 Å². The van der Waals surface area contributed by atoms with Gasteiger partial charge >= 0.3 is 0 Å². The summed E-state index contributed by atoms with van der Waals surface area (Å²) in [6, 6.07) is 5.22. The number of aromatic nitrogens is 2. The normalized spacial score (nSPS) is 12.6. The SMILES string of the molecule is COCCS[C@@H](C)c1nnc(-c2ccc(Cl)c(Cl)c2)o1. The molecule has 0 bridgehead atoms. The van der Waals surface area contributed by atoms with E-state index in [0.29, 0.717) is 28.4 Å². The minimum Gasteiger partial charge on any atom is -0.420 e. The highest BCUT2D eigenvalue weighted by Crippen LogP contribution is 2.31. The molecule has 0 N–H and O–H groups in total. The lowest BCUT2D eigenvalue weighted by molar-refractivity contribution is 0.218. The van der Waals surface area contributed by atoms with Gasteiger partial charge in [-0.1, -0.05) is 23.2 Å². The summed E-state index contributed by atoms with van der Waals surface area (Å²) < 4.78 is 10.7. The summed E-state index contributed by atoms with van der Waals surface area (Å²) in [5.41, 5.74) is 0.757. The molecular weight excluding hydrogens is 319 g/mol. The Balaban J connectivity index is 2.09. The second-order valence-electron chi connectivity index (χ2n) is 4.08. The molecule has 2 rings (SSSR count). The van der Waals surface area contributed by atoms with Crippen molar-refractivity contribution in [3.63, 3.8) is 0 Å². The first-order valence-corrected chi connectivity index (χ1v) is 7.81. The van der Waals surface area contributed by atoms with Crippen molar-refractivity contribution in [2.24, 2.45) is 0 Å². The highest BCUT2D eigenvalue weighted by molar-refractivity contribution is 7.99. The van der Waals surface area contributed by atoms with Crippen LogP contribution in [-0.4, -0.2) is 29.7 Å². The third-order valence-electron chi connectivity index (χ3n) is 2.61. The topological polar surface area (TPSA) is 48.2 Å². The molecule has 0 fully saturated rings. The van der Waals surface area contributed by atoms with E-state index in [1.54, 1.807) is 37.1 Å². The molecule has 1 aromatic heterocycles. The van der Waals surface area contributed by atoms with Gasteiger partial charge in [-0.2, -0.15) is 0 Å². The third-order valence-corrected chi connectivity index (χ3v) is 4.45. The summed E-state index contributed by atoms with van der Waals surface area (Å²) in [7, 11) is 1.68. The lowest BCUT2D eigenvalue weighted by Crippen LogP contribution is -1.96. The second kappa shape index (κ2) is 7.31. The predicted octanol–water partition coefficient (Wildman–Crippen LogP) is 4.48. The number of halogens is 2. The van der Waals surface area contributed by atoms with E-state index in [1.807, 2.05) is 6.92 Å². The zero-order valence-corrected chi connectivity index (χ0v) is 13.4. The maximum atomic E-state index is 5.98. The van der Waals surface area contributed by atoms with E-state index in [1.165, 1.54) is 0 Å². The Hall–Kier alpha value is -0.750. The van der Waals surface area contributed by atoms with Crippen LogP contribution in [0.25, 0.3) is 11.5 Å². The van der Waals surface area contributed by atoms with Gasteiger partial charge in [0.15, 0.2) is 0 Å². The van der Waals surface area contributed by atoms with E-state index in [4.69, 9.17) is 32.4 Å². The van der Waals surface area contributed by atoms with Gasteiger partial charge in [0.2, 0.25) is 11.8 Å². The molecule has 7 heteroatoms. The molecule has 0 amide bonds. The first-order valence-electron chi connectivity index (χ1n) is 6.01. The smallest absolute Gasteiger partial charge is 0.247 e. The van der Waals surface area contributed by atoms with Crippen LogP contribution in [0.4, 0.5) is 0 Å². The number of rotatable bonds is 6. The standard InChI is InChI=1S/C13H14Cl2N2O2S/c1-8(20-6-5-18-2)12-16-17-13(19-12)9-3-4-10(14)11(15)7-9/h3-4,7-8H,5-6H2,1-2H3/t8-/m0/s1. The van der Waals surface area contributed by atoms with Crippen LogP contribution in [0.3, 0.4) is 0 Å². The first-order chi connectivity index (χ1) is 9.61. The number of hydrogen-bond acceptors (Lipinski definition) is 5. The van der Waals surface area contributed by atoms with Gasteiger partial charge in [0, 0.05) is 18.4 Å². The van der Waals surface area contributed by atoms with Gasteiger partial charge in [0.25, 0.3) is 0 Å². The third kappa shape index (κ3) is 3.88. The molecule has 1 aromatic carbocycles. The van der Waals surface area contributed by atoms with Crippen molar-refractivity contribution in [1.29, 1.82) is 0 Å². The molecule has 108 valence electrons. The maximum absolute atomic E-state index is 5.98. The van der Waals surface area contributed by atoms with Gasteiger partial charge in [-0.15, -0.1) is 22.0 Å². The lowest BCUT2D eigenvalue weighted by atomic mass is 10.2. The molecule has 0 saturated carbocycles. The fraction of sp³-hybridized carbons (Fsp3) is 0.385. The van der Waals surface area contributed by atoms with E-state index in [0.717, 1.165) is 11.3 Å². The average Bonchev–Trinajstić information content (AvgIpc) is 2.92. The molecule has 0 saturated heterocycles. The number of methoxy groups -OCH3 is 1. The summed E-state index contributed by atoms with van der Waals surface area (Å²) in [5, 5.41) is 9.20. The summed E-state index contributed by atoms with van der Waals surface area (Å²) in [6.45, 7) is 2.72. The van der Waals surface area contributed by atoms with Crippen LogP contribution < -0.4 is 0 Å². The molecular formula is C13H14Cl2N2O2S. The van der Waals surface area contributed by atoms with Crippen molar-refractivity contribution in [2.45, 2.75) is 12.2 Å². The van der Waals surface area contributed by atoms with Gasteiger partial charge in [-0.25, -0.2) is 0 Å². The molecule has 20 heavy (non-hydrogen) atoms. The number of ether oxygens (including phenoxy) is 1. The van der Waals surface area contributed by atoms with Gasteiger partial charge in [-0.05, 0) is 25.1 Å². The van der Waals surface area contributed by atoms with Crippen molar-refractivity contribution in [3.8, 4) is 11.5 Å². The van der Waals surface area contributed by atoms with Gasteiger partial charge in [0.1, 0.15) is 0 Å². The van der Waals surface area contributed by atoms with E-state index in [-0.39, 0.29) is 5.25 Å². The summed E-state index contributed by atoms with van der Waals surface area (Å²) in [6.07, 6.45) is 0. The zero-order chi connectivity index (χ0) is 14.5. The minimum absolute atomic E-state index is 0.120. The Morgan fingerprint density at radius 3 is 2.80 bits per heavy atom. The highest BCUT2D eigenvalue weighted by Gasteiger charge is 2.15. The van der Waals surface area contributed by atoms with E-state index in [9.17, 15) is 0 Å². The van der Waals surface area contributed by atoms with Crippen LogP contribution in [0, 0.1) is 0 Å². The summed E-state index contributed by atoms with van der Waals surface area (Å²) >= 11 is 13.6. The van der Waals surface area contributed by atoms with E-state index < -0.39 is 0 Å².